The number of nitrogens with two attached hydrogens (primary N) is 1. The number of rotatable bonds is 0. The summed E-state index contributed by atoms with van der Waals surface area (Å²) >= 11 is 7.89. The minimum atomic E-state index is -0.247. The molecule has 1 atom stereocenters. The minimum absolute atomic E-state index is 0.247. The van der Waals surface area contributed by atoms with Gasteiger partial charge in [-0.25, -0.2) is 16.0 Å². The van der Waals surface area contributed by atoms with Gasteiger partial charge in [-0.1, -0.05) is 12.8 Å². The Hall–Kier alpha value is 0.0900. The van der Waals surface area contributed by atoms with E-state index in [0.29, 0.717) is 0 Å². The van der Waals surface area contributed by atoms with E-state index in [-0.39, 0.29) is 5.50 Å². The van der Waals surface area contributed by atoms with E-state index in [1.165, 1.54) is 15.9 Å². The molecule has 1 aliphatic rings. The average molecular weight is 150 g/mol. The fourth-order valence-corrected chi connectivity index (χ4v) is 0.644. The zero-order chi connectivity index (χ0) is 6.15. The number of hydrazine groups is 2. The van der Waals surface area contributed by atoms with Gasteiger partial charge in [-0.05, 0) is 0 Å². The molecule has 8 heavy (non-hydrogen) atoms. The summed E-state index contributed by atoms with van der Waals surface area (Å²) < 4.78 is 1.39. The topological polar surface area (TPSA) is 44.9 Å². The van der Waals surface area contributed by atoms with Crippen molar-refractivity contribution in [2.75, 3.05) is 0 Å². The quantitative estimate of drug-likeness (QED) is 0.321. The molecule has 0 radical (unpaired) electrons. The van der Waals surface area contributed by atoms with E-state index in [4.69, 9.17) is 5.84 Å². The lowest BCUT2D eigenvalue weighted by molar-refractivity contribution is 0.196. The summed E-state index contributed by atoms with van der Waals surface area (Å²) in [6.45, 7) is 0. The monoisotopic (exact) mass is 150 g/mol. The molecule has 0 bridgehead atoms. The predicted octanol–water partition coefficient (Wildman–Crippen LogP) is -0.521. The lowest BCUT2D eigenvalue weighted by atomic mass is 11.2. The molecule has 1 heterocycles. The van der Waals surface area contributed by atoms with Crippen molar-refractivity contribution in [3.05, 3.63) is 0 Å². The first kappa shape index (κ1) is 6.21. The van der Waals surface area contributed by atoms with Crippen LogP contribution in [0.5, 0.6) is 0 Å². The SMILES string of the molecule is NN1C=NC(S)N1S. The molecular formula is C2H6N4S2. The van der Waals surface area contributed by atoms with Gasteiger partial charge >= 0.3 is 0 Å². The minimum Gasteiger partial charge on any atom is -0.240 e. The molecule has 0 amide bonds. The normalized spacial score (nSPS) is 29.9. The number of hydrogen-bond donors (Lipinski definition) is 3. The average Bonchev–Trinajstić information content (AvgIpc) is 1.98. The van der Waals surface area contributed by atoms with Crippen LogP contribution in [0.3, 0.4) is 0 Å². The molecule has 0 aromatic rings. The van der Waals surface area contributed by atoms with Crippen molar-refractivity contribution in [1.82, 2.24) is 9.53 Å². The van der Waals surface area contributed by atoms with Gasteiger partial charge in [-0.15, -0.1) is 17.0 Å². The third-order valence-corrected chi connectivity index (χ3v) is 1.72. The van der Waals surface area contributed by atoms with E-state index in [1.54, 1.807) is 0 Å². The van der Waals surface area contributed by atoms with E-state index < -0.39 is 0 Å². The van der Waals surface area contributed by atoms with Crippen molar-refractivity contribution in [2.45, 2.75) is 5.50 Å². The number of hydrogen-bond acceptors (Lipinski definition) is 6. The number of thiol groups is 2. The Morgan fingerprint density at radius 1 is 1.75 bits per heavy atom. The maximum absolute atomic E-state index is 5.25. The lowest BCUT2D eigenvalue weighted by Crippen LogP contribution is -2.38. The van der Waals surface area contributed by atoms with Crippen LogP contribution in [0.25, 0.3) is 0 Å². The van der Waals surface area contributed by atoms with Gasteiger partial charge in [0, 0.05) is 0 Å². The van der Waals surface area contributed by atoms with Crippen LogP contribution in [0.1, 0.15) is 0 Å². The van der Waals surface area contributed by atoms with Gasteiger partial charge in [0.25, 0.3) is 0 Å². The summed E-state index contributed by atoms with van der Waals surface area (Å²) in [6.07, 6.45) is 1.45. The lowest BCUT2D eigenvalue weighted by Gasteiger charge is -2.17. The number of nitrogens with zero attached hydrogens (tertiary/aromatic N) is 3. The summed E-state index contributed by atoms with van der Waals surface area (Å²) in [5.74, 6) is 5.25. The molecule has 0 aliphatic carbocycles. The Balaban J connectivity index is 2.55. The Morgan fingerprint density at radius 2 is 2.38 bits per heavy atom. The maximum Gasteiger partial charge on any atom is 0.176 e. The fourth-order valence-electron chi connectivity index (χ4n) is 0.360. The Labute approximate surface area is 58.2 Å². The highest BCUT2D eigenvalue weighted by molar-refractivity contribution is 7.83. The standard InChI is InChI=1S/C2H6N4S2/c3-5-1-4-2(7)6(5)8/h1-2,7-8H,3H2. The highest BCUT2D eigenvalue weighted by atomic mass is 32.1. The highest BCUT2D eigenvalue weighted by Crippen LogP contribution is 2.13. The largest absolute Gasteiger partial charge is 0.240 e. The maximum atomic E-state index is 5.25. The molecule has 4 nitrogen and oxygen atoms in total. The summed E-state index contributed by atoms with van der Waals surface area (Å²) in [7, 11) is 0. The molecule has 6 heteroatoms. The van der Waals surface area contributed by atoms with Crippen LogP contribution >= 0.6 is 25.4 Å². The first-order chi connectivity index (χ1) is 3.72. The Bertz CT molecular complexity index is 103. The van der Waals surface area contributed by atoms with Crippen molar-refractivity contribution < 1.29 is 0 Å². The summed E-state index contributed by atoms with van der Waals surface area (Å²) in [6, 6.07) is 0. The van der Waals surface area contributed by atoms with Gasteiger partial charge < -0.3 is 0 Å². The van der Waals surface area contributed by atoms with Gasteiger partial charge in [-0.2, -0.15) is 0 Å². The van der Waals surface area contributed by atoms with E-state index in [1.807, 2.05) is 0 Å². The molecule has 46 valence electrons. The molecule has 0 fully saturated rings. The molecule has 1 unspecified atom stereocenters. The van der Waals surface area contributed by atoms with Crippen molar-refractivity contribution in [1.29, 1.82) is 0 Å². The van der Waals surface area contributed by atoms with Crippen molar-refractivity contribution in [2.24, 2.45) is 10.8 Å². The molecule has 0 saturated heterocycles. The third kappa shape index (κ3) is 0.921. The van der Waals surface area contributed by atoms with Crippen LogP contribution in [0.2, 0.25) is 0 Å². The molecule has 0 aromatic carbocycles. The van der Waals surface area contributed by atoms with Gasteiger partial charge in [-0.3, -0.25) is 0 Å². The van der Waals surface area contributed by atoms with Crippen LogP contribution in [-0.2, 0) is 0 Å². The van der Waals surface area contributed by atoms with E-state index in [0.717, 1.165) is 0 Å². The van der Waals surface area contributed by atoms with Crippen LogP contribution in [0, 0.1) is 0 Å². The summed E-state index contributed by atoms with van der Waals surface area (Å²) in [5.41, 5.74) is -0.247. The van der Waals surface area contributed by atoms with E-state index in [2.05, 4.69) is 30.4 Å². The molecule has 1 aliphatic heterocycles. The van der Waals surface area contributed by atoms with Crippen LogP contribution in [-0.4, -0.2) is 21.4 Å². The van der Waals surface area contributed by atoms with E-state index in [9.17, 15) is 0 Å². The van der Waals surface area contributed by atoms with Crippen molar-refractivity contribution in [3.63, 3.8) is 0 Å². The van der Waals surface area contributed by atoms with Gasteiger partial charge in [0.1, 0.15) is 6.34 Å². The third-order valence-electron chi connectivity index (χ3n) is 0.761. The van der Waals surface area contributed by atoms with Gasteiger partial charge in [0.05, 0.1) is 0 Å². The second-order valence-corrected chi connectivity index (χ2v) is 2.18. The Kier molecular flexibility index (Phi) is 1.66. The Morgan fingerprint density at radius 3 is 2.50 bits per heavy atom. The smallest absolute Gasteiger partial charge is 0.176 e. The van der Waals surface area contributed by atoms with Gasteiger partial charge in [0.2, 0.25) is 0 Å². The van der Waals surface area contributed by atoms with Crippen molar-refractivity contribution in [3.8, 4) is 0 Å². The van der Waals surface area contributed by atoms with Crippen LogP contribution in [0.4, 0.5) is 0 Å². The van der Waals surface area contributed by atoms with Crippen molar-refractivity contribution >= 4 is 31.8 Å². The first-order valence-electron chi connectivity index (χ1n) is 1.95. The molecule has 1 rings (SSSR count). The molecule has 0 saturated carbocycles. The predicted molar refractivity (Wildman–Crippen MR) is 38.1 cm³/mol. The molecule has 0 spiro atoms. The molecule has 0 aromatic heterocycles. The van der Waals surface area contributed by atoms with Crippen LogP contribution < -0.4 is 5.84 Å². The summed E-state index contributed by atoms with van der Waals surface area (Å²) in [4.78, 5) is 3.79. The fraction of sp³-hybridized carbons (Fsp3) is 0.500. The first-order valence-corrected chi connectivity index (χ1v) is 2.87. The zero-order valence-corrected chi connectivity index (χ0v) is 5.76. The molecular weight excluding hydrogens is 144 g/mol. The second kappa shape index (κ2) is 2.14. The summed E-state index contributed by atoms with van der Waals surface area (Å²) in [5, 5.41) is 1.25. The zero-order valence-electron chi connectivity index (χ0n) is 3.97. The highest BCUT2D eigenvalue weighted by Gasteiger charge is 2.17. The second-order valence-electron chi connectivity index (χ2n) is 1.31. The van der Waals surface area contributed by atoms with Gasteiger partial charge in [0.15, 0.2) is 5.50 Å². The molecule has 2 N–H and O–H groups in total. The number of aliphatic imine (C=N–C) groups is 1. The van der Waals surface area contributed by atoms with Crippen LogP contribution in [0.15, 0.2) is 4.99 Å². The van der Waals surface area contributed by atoms with E-state index >= 15 is 0 Å².